The average Bonchev–Trinajstić information content (AvgIpc) is 2.44. The van der Waals surface area contributed by atoms with E-state index in [0.29, 0.717) is 5.75 Å². The number of Topliss-reactive ketones (excluding diaryl/α,β-unsaturated/α-hetero) is 1. The van der Waals surface area contributed by atoms with Crippen molar-refractivity contribution in [3.05, 3.63) is 45.9 Å². The minimum atomic E-state index is -0.271. The Morgan fingerprint density at radius 2 is 1.89 bits per heavy atom. The van der Waals surface area contributed by atoms with Crippen molar-refractivity contribution in [1.29, 1.82) is 0 Å². The number of halogens is 1. The number of benzene rings is 2. The van der Waals surface area contributed by atoms with E-state index in [-0.39, 0.29) is 35.0 Å². The summed E-state index contributed by atoms with van der Waals surface area (Å²) in [6.45, 7) is 0. The highest BCUT2D eigenvalue weighted by molar-refractivity contribution is 9.10. The molecule has 19 heavy (non-hydrogen) atoms. The Morgan fingerprint density at radius 3 is 2.68 bits per heavy atom. The Kier molecular flexibility index (Phi) is 2.71. The van der Waals surface area contributed by atoms with Crippen LogP contribution in [-0.2, 0) is 6.42 Å². The molecule has 4 nitrogen and oxygen atoms in total. The largest absolute Gasteiger partial charge is 0.508 e. The summed E-state index contributed by atoms with van der Waals surface area (Å²) in [6.07, 6.45) is 0.147. The average molecular weight is 321 g/mol. The lowest BCUT2D eigenvalue weighted by Crippen LogP contribution is -2.02. The van der Waals surface area contributed by atoms with Gasteiger partial charge in [0.1, 0.15) is 28.6 Å². The molecule has 96 valence electrons. The highest BCUT2D eigenvalue weighted by atomic mass is 79.9. The van der Waals surface area contributed by atoms with E-state index in [9.17, 15) is 15.0 Å². The maximum absolute atomic E-state index is 12.2. The highest BCUT2D eigenvalue weighted by Crippen LogP contribution is 2.40. The molecule has 1 heterocycles. The third-order valence-electron chi connectivity index (χ3n) is 2.95. The minimum absolute atomic E-state index is 0.102. The van der Waals surface area contributed by atoms with Crippen molar-refractivity contribution in [3.8, 4) is 23.0 Å². The fraction of sp³-hybridized carbons (Fsp3) is 0.0714. The van der Waals surface area contributed by atoms with E-state index in [4.69, 9.17) is 4.74 Å². The van der Waals surface area contributed by atoms with Crippen LogP contribution in [0, 0.1) is 0 Å². The smallest absolute Gasteiger partial charge is 0.174 e. The van der Waals surface area contributed by atoms with Gasteiger partial charge in [-0.1, -0.05) is 22.0 Å². The number of fused-ring (bicyclic) bond motifs is 2. The summed E-state index contributed by atoms with van der Waals surface area (Å²) >= 11 is 3.34. The minimum Gasteiger partial charge on any atom is -0.508 e. The highest BCUT2D eigenvalue weighted by Gasteiger charge is 2.25. The molecule has 0 atom stereocenters. The second-order valence-corrected chi connectivity index (χ2v) is 5.21. The van der Waals surface area contributed by atoms with Gasteiger partial charge in [0.2, 0.25) is 0 Å². The predicted molar refractivity (Wildman–Crippen MR) is 72.0 cm³/mol. The van der Waals surface area contributed by atoms with Crippen LogP contribution < -0.4 is 4.74 Å². The maximum Gasteiger partial charge on any atom is 0.174 e. The van der Waals surface area contributed by atoms with Crippen LogP contribution in [-0.4, -0.2) is 16.0 Å². The molecule has 2 aromatic carbocycles. The summed E-state index contributed by atoms with van der Waals surface area (Å²) in [5.74, 6) is 0.0359. The van der Waals surface area contributed by atoms with Gasteiger partial charge in [-0.3, -0.25) is 4.79 Å². The fourth-order valence-electron chi connectivity index (χ4n) is 2.10. The number of carbonyl (C=O) groups excluding carboxylic acids is 1. The number of hydrogen-bond donors (Lipinski definition) is 2. The number of rotatable bonds is 0. The van der Waals surface area contributed by atoms with Crippen LogP contribution in [0.2, 0.25) is 0 Å². The van der Waals surface area contributed by atoms with Crippen molar-refractivity contribution in [3.63, 3.8) is 0 Å². The van der Waals surface area contributed by atoms with E-state index < -0.39 is 0 Å². The normalized spacial score (nSPS) is 13.2. The lowest BCUT2D eigenvalue weighted by Gasteiger charge is -2.09. The Labute approximate surface area is 117 Å². The third kappa shape index (κ3) is 2.06. The van der Waals surface area contributed by atoms with E-state index in [1.165, 1.54) is 6.07 Å². The Bertz CT molecular complexity index is 694. The van der Waals surface area contributed by atoms with Gasteiger partial charge in [-0.05, 0) is 12.1 Å². The molecule has 0 aliphatic carbocycles. The van der Waals surface area contributed by atoms with Gasteiger partial charge in [-0.15, -0.1) is 0 Å². The molecule has 2 aromatic rings. The van der Waals surface area contributed by atoms with Gasteiger partial charge in [-0.25, -0.2) is 0 Å². The number of aromatic hydroxyl groups is 2. The second kappa shape index (κ2) is 4.28. The molecule has 2 N–H and O–H groups in total. The van der Waals surface area contributed by atoms with Gasteiger partial charge >= 0.3 is 0 Å². The van der Waals surface area contributed by atoms with Gasteiger partial charge in [0.05, 0.1) is 0 Å². The first-order valence-electron chi connectivity index (χ1n) is 5.60. The van der Waals surface area contributed by atoms with Crippen molar-refractivity contribution in [2.24, 2.45) is 0 Å². The van der Waals surface area contributed by atoms with Crippen LogP contribution >= 0.6 is 15.9 Å². The summed E-state index contributed by atoms with van der Waals surface area (Å²) in [7, 11) is 0. The molecule has 5 heteroatoms. The van der Waals surface area contributed by atoms with Gasteiger partial charge in [-0.2, -0.15) is 0 Å². The van der Waals surface area contributed by atoms with Crippen LogP contribution in [0.4, 0.5) is 0 Å². The molecule has 0 saturated heterocycles. The zero-order valence-electron chi connectivity index (χ0n) is 9.68. The first kappa shape index (κ1) is 12.0. The molecule has 0 saturated carbocycles. The van der Waals surface area contributed by atoms with Crippen LogP contribution in [0.15, 0.2) is 34.8 Å². The standard InChI is InChI=1S/C14H9BrO4/c15-8-2-1-7-3-10(17)14-11(18)5-9(16)6-13(14)19-12(7)4-8/h1-2,4-6,16,18H,3H2. The summed E-state index contributed by atoms with van der Waals surface area (Å²) in [5, 5.41) is 19.3. The van der Waals surface area contributed by atoms with Crippen molar-refractivity contribution in [2.45, 2.75) is 6.42 Å². The lowest BCUT2D eigenvalue weighted by atomic mass is 10.0. The molecule has 3 rings (SSSR count). The molecule has 0 amide bonds. The van der Waals surface area contributed by atoms with Gasteiger partial charge < -0.3 is 14.9 Å². The third-order valence-corrected chi connectivity index (χ3v) is 3.44. The number of carbonyl (C=O) groups is 1. The van der Waals surface area contributed by atoms with Gasteiger partial charge in [0.25, 0.3) is 0 Å². The van der Waals surface area contributed by atoms with Crippen LogP contribution in [0.5, 0.6) is 23.0 Å². The zero-order chi connectivity index (χ0) is 13.6. The van der Waals surface area contributed by atoms with E-state index in [1.54, 1.807) is 12.1 Å². The van der Waals surface area contributed by atoms with Crippen LogP contribution in [0.1, 0.15) is 15.9 Å². The summed E-state index contributed by atoms with van der Waals surface area (Å²) in [4.78, 5) is 12.2. The van der Waals surface area contributed by atoms with Crippen molar-refractivity contribution < 1.29 is 19.7 Å². The topological polar surface area (TPSA) is 66.8 Å². The molecule has 0 bridgehead atoms. The van der Waals surface area contributed by atoms with E-state index in [0.717, 1.165) is 16.1 Å². The molecule has 0 radical (unpaired) electrons. The van der Waals surface area contributed by atoms with Gasteiger partial charge in [0.15, 0.2) is 5.78 Å². The van der Waals surface area contributed by atoms with Crippen molar-refractivity contribution >= 4 is 21.7 Å². The van der Waals surface area contributed by atoms with E-state index >= 15 is 0 Å². The number of phenolic OH excluding ortho intramolecular Hbond substituents is 2. The first-order valence-corrected chi connectivity index (χ1v) is 6.39. The Balaban J connectivity index is 2.22. The maximum atomic E-state index is 12.2. The van der Waals surface area contributed by atoms with Gasteiger partial charge in [0, 0.05) is 28.6 Å². The first-order chi connectivity index (χ1) is 9.04. The molecular formula is C14H9BrO4. The summed E-state index contributed by atoms with van der Waals surface area (Å²) in [6, 6.07) is 7.82. The molecule has 0 unspecified atom stereocenters. The lowest BCUT2D eigenvalue weighted by molar-refractivity contribution is 0.0991. The van der Waals surface area contributed by atoms with Crippen LogP contribution in [0.25, 0.3) is 0 Å². The monoisotopic (exact) mass is 320 g/mol. The van der Waals surface area contributed by atoms with Crippen molar-refractivity contribution in [1.82, 2.24) is 0 Å². The molecule has 0 spiro atoms. The predicted octanol–water partition coefficient (Wildman–Crippen LogP) is 3.39. The molecular weight excluding hydrogens is 312 g/mol. The molecule has 0 fully saturated rings. The second-order valence-electron chi connectivity index (χ2n) is 4.29. The molecule has 1 aliphatic heterocycles. The number of ketones is 1. The number of phenols is 2. The summed E-state index contributed by atoms with van der Waals surface area (Å²) in [5.41, 5.74) is 0.841. The number of hydrogen-bond acceptors (Lipinski definition) is 4. The molecule has 0 aromatic heterocycles. The van der Waals surface area contributed by atoms with Crippen molar-refractivity contribution in [2.75, 3.05) is 0 Å². The molecule has 1 aliphatic rings. The fourth-order valence-corrected chi connectivity index (χ4v) is 2.44. The zero-order valence-corrected chi connectivity index (χ0v) is 11.3. The van der Waals surface area contributed by atoms with Crippen LogP contribution in [0.3, 0.4) is 0 Å². The Morgan fingerprint density at radius 1 is 1.11 bits per heavy atom. The Hall–Kier alpha value is -2.01. The number of ether oxygens (including phenoxy) is 1. The van der Waals surface area contributed by atoms with E-state index in [1.807, 2.05) is 6.07 Å². The quantitative estimate of drug-likeness (QED) is 0.780. The SMILES string of the molecule is O=C1Cc2ccc(Br)cc2Oc2cc(O)cc(O)c21. The summed E-state index contributed by atoms with van der Waals surface area (Å²) < 4.78 is 6.47. The van der Waals surface area contributed by atoms with E-state index in [2.05, 4.69) is 15.9 Å².